The maximum absolute atomic E-state index is 14.1. The smallest absolute Gasteiger partial charge is 0.240 e. The Kier molecular flexibility index (Phi) is 6.26. The summed E-state index contributed by atoms with van der Waals surface area (Å²) < 4.78 is 12.7. The molecule has 0 saturated carbocycles. The number of nitriles is 1. The van der Waals surface area contributed by atoms with Crippen LogP contribution in [0.2, 0.25) is 0 Å². The Labute approximate surface area is 233 Å². The first-order valence-electron chi connectivity index (χ1n) is 14.0. The lowest BCUT2D eigenvalue weighted by Crippen LogP contribution is -2.43. The number of carbonyl (C=O) groups is 2. The highest BCUT2D eigenvalue weighted by Crippen LogP contribution is 2.62. The second-order valence-corrected chi connectivity index (χ2v) is 11.2. The first-order chi connectivity index (χ1) is 19.2. The fourth-order valence-corrected chi connectivity index (χ4v) is 7.00. The van der Waals surface area contributed by atoms with E-state index >= 15 is 0 Å². The van der Waals surface area contributed by atoms with Crippen LogP contribution in [0, 0.1) is 30.1 Å². The van der Waals surface area contributed by atoms with Gasteiger partial charge in [0.25, 0.3) is 0 Å². The number of aryl methyl sites for hydroxylation is 1. The summed E-state index contributed by atoms with van der Waals surface area (Å²) in [7, 11) is 0. The number of hydrogen-bond donors (Lipinski definition) is 0. The predicted molar refractivity (Wildman–Crippen MR) is 150 cm³/mol. The molecule has 3 aliphatic heterocycles. The summed E-state index contributed by atoms with van der Waals surface area (Å²) >= 11 is 0. The van der Waals surface area contributed by atoms with Crippen molar-refractivity contribution in [2.24, 2.45) is 11.8 Å². The van der Waals surface area contributed by atoms with Crippen molar-refractivity contribution in [1.29, 1.82) is 5.26 Å². The molecule has 0 spiro atoms. The minimum atomic E-state index is -0.785. The third kappa shape index (κ3) is 3.85. The Balaban J connectivity index is 1.28. The van der Waals surface area contributed by atoms with Crippen molar-refractivity contribution >= 4 is 34.2 Å². The van der Waals surface area contributed by atoms with Gasteiger partial charge in [0.15, 0.2) is 0 Å². The van der Waals surface area contributed by atoms with Gasteiger partial charge in [-0.3, -0.25) is 9.59 Å². The van der Waals surface area contributed by atoms with Crippen molar-refractivity contribution in [2.75, 3.05) is 29.5 Å². The molecule has 40 heavy (non-hydrogen) atoms. The van der Waals surface area contributed by atoms with Gasteiger partial charge in [-0.15, -0.1) is 0 Å². The SMILES string of the molecule is CCN(CC)c1nc(C)cc(OCC[C@]23CC[C@](C)(O2)[C@@H]2C(=O)N(c4ccc(C#N)c5ccccc45)C(=O)[C@@H]23)n1. The molecule has 2 amide bonds. The first kappa shape index (κ1) is 26.2. The molecular weight excluding hydrogens is 506 g/mol. The van der Waals surface area contributed by atoms with Crippen LogP contribution in [-0.4, -0.2) is 52.7 Å². The molecule has 0 aliphatic carbocycles. The van der Waals surface area contributed by atoms with Gasteiger partial charge in [0.2, 0.25) is 23.6 Å². The number of carbonyl (C=O) groups excluding carboxylic acids is 2. The van der Waals surface area contributed by atoms with Crippen LogP contribution < -0.4 is 14.5 Å². The van der Waals surface area contributed by atoms with Crippen LogP contribution in [0.25, 0.3) is 10.8 Å². The standard InChI is InChI=1S/C31H33N5O4/c1-5-35(6-2)29-33-19(3)17-24(34-29)39-16-15-31-14-13-30(4,40-31)25-26(31)28(38)36(27(25)37)23-12-11-20(18-32)21-9-7-8-10-22(21)23/h7-12,17,25-26H,5-6,13-16H2,1-4H3/t25-,26+,30-,31-/m0/s1. The summed E-state index contributed by atoms with van der Waals surface area (Å²) in [4.78, 5) is 40.6. The number of hydrogen-bond acceptors (Lipinski definition) is 8. The van der Waals surface area contributed by atoms with Gasteiger partial charge in [0.05, 0.1) is 47.0 Å². The van der Waals surface area contributed by atoms with Gasteiger partial charge >= 0.3 is 0 Å². The maximum Gasteiger partial charge on any atom is 0.240 e. The minimum absolute atomic E-state index is 0.231. The van der Waals surface area contributed by atoms with Crippen LogP contribution in [0.4, 0.5) is 11.6 Å². The monoisotopic (exact) mass is 539 g/mol. The fourth-order valence-electron chi connectivity index (χ4n) is 7.00. The number of imide groups is 1. The summed E-state index contributed by atoms with van der Waals surface area (Å²) in [6, 6.07) is 14.8. The molecule has 3 aliphatic rings. The third-order valence-electron chi connectivity index (χ3n) is 8.91. The first-order valence-corrected chi connectivity index (χ1v) is 14.0. The summed E-state index contributed by atoms with van der Waals surface area (Å²) in [5.74, 6) is -0.500. The number of amides is 2. The fraction of sp³-hybridized carbons (Fsp3) is 0.452. The molecule has 206 valence electrons. The van der Waals surface area contributed by atoms with Crippen molar-refractivity contribution in [2.45, 2.75) is 58.2 Å². The Morgan fingerprint density at radius 2 is 1.80 bits per heavy atom. The second-order valence-electron chi connectivity index (χ2n) is 11.2. The molecule has 1 aromatic heterocycles. The van der Waals surface area contributed by atoms with Crippen molar-refractivity contribution in [1.82, 2.24) is 9.97 Å². The average molecular weight is 540 g/mol. The zero-order chi connectivity index (χ0) is 28.2. The minimum Gasteiger partial charge on any atom is -0.477 e. The van der Waals surface area contributed by atoms with E-state index in [1.54, 1.807) is 12.1 Å². The molecule has 3 fully saturated rings. The molecule has 9 heteroatoms. The van der Waals surface area contributed by atoms with E-state index in [2.05, 4.69) is 34.8 Å². The molecule has 2 aromatic carbocycles. The van der Waals surface area contributed by atoms with Gasteiger partial charge in [0.1, 0.15) is 0 Å². The molecule has 2 bridgehead atoms. The van der Waals surface area contributed by atoms with Crippen molar-refractivity contribution < 1.29 is 19.1 Å². The Morgan fingerprint density at radius 1 is 1.07 bits per heavy atom. The number of fused-ring (bicyclic) bond motifs is 6. The number of nitrogens with zero attached hydrogens (tertiary/aromatic N) is 5. The quantitative estimate of drug-likeness (QED) is 0.384. The van der Waals surface area contributed by atoms with Crippen LogP contribution in [-0.2, 0) is 14.3 Å². The van der Waals surface area contributed by atoms with Gasteiger partial charge in [-0.1, -0.05) is 24.3 Å². The maximum atomic E-state index is 14.1. The molecule has 3 saturated heterocycles. The van der Waals surface area contributed by atoms with E-state index in [4.69, 9.17) is 9.47 Å². The van der Waals surface area contributed by atoms with Gasteiger partial charge in [0, 0.05) is 42.0 Å². The lowest BCUT2D eigenvalue weighted by Gasteiger charge is -2.31. The third-order valence-corrected chi connectivity index (χ3v) is 8.91. The zero-order valence-corrected chi connectivity index (χ0v) is 23.3. The van der Waals surface area contributed by atoms with E-state index in [-0.39, 0.29) is 11.8 Å². The average Bonchev–Trinajstić information content (AvgIpc) is 3.52. The predicted octanol–water partition coefficient (Wildman–Crippen LogP) is 4.55. The number of anilines is 2. The number of ether oxygens (including phenoxy) is 2. The molecule has 9 nitrogen and oxygen atoms in total. The normalized spacial score (nSPS) is 26.8. The second kappa shape index (κ2) is 9.56. The lowest BCUT2D eigenvalue weighted by molar-refractivity contribution is -0.131. The highest BCUT2D eigenvalue weighted by molar-refractivity contribution is 6.26. The molecular formula is C31H33N5O4. The van der Waals surface area contributed by atoms with Gasteiger partial charge < -0.3 is 14.4 Å². The van der Waals surface area contributed by atoms with E-state index < -0.39 is 23.0 Å². The topological polar surface area (TPSA) is 109 Å². The lowest BCUT2D eigenvalue weighted by atomic mass is 9.67. The van der Waals surface area contributed by atoms with Crippen LogP contribution in [0.5, 0.6) is 5.88 Å². The Morgan fingerprint density at radius 3 is 2.52 bits per heavy atom. The van der Waals surface area contributed by atoms with E-state index in [1.807, 2.05) is 44.2 Å². The van der Waals surface area contributed by atoms with E-state index in [1.165, 1.54) is 4.90 Å². The molecule has 0 radical (unpaired) electrons. The van der Waals surface area contributed by atoms with E-state index in [0.29, 0.717) is 54.3 Å². The van der Waals surface area contributed by atoms with E-state index in [9.17, 15) is 14.9 Å². The van der Waals surface area contributed by atoms with Gasteiger partial charge in [-0.05, 0) is 52.7 Å². The Hall–Kier alpha value is -4.03. The Bertz CT molecular complexity index is 1560. The van der Waals surface area contributed by atoms with Crippen LogP contribution in [0.1, 0.15) is 51.3 Å². The number of benzene rings is 2. The largest absolute Gasteiger partial charge is 0.477 e. The molecule has 0 unspecified atom stereocenters. The molecule has 4 heterocycles. The summed E-state index contributed by atoms with van der Waals surface area (Å²) in [5, 5.41) is 11.0. The zero-order valence-electron chi connectivity index (χ0n) is 23.3. The van der Waals surface area contributed by atoms with Crippen LogP contribution in [0.15, 0.2) is 42.5 Å². The summed E-state index contributed by atoms with van der Waals surface area (Å²) in [6.45, 7) is 9.87. The molecule has 3 aromatic rings. The highest BCUT2D eigenvalue weighted by atomic mass is 16.5. The number of rotatable bonds is 8. The van der Waals surface area contributed by atoms with Gasteiger partial charge in [-0.2, -0.15) is 10.2 Å². The van der Waals surface area contributed by atoms with Crippen molar-refractivity contribution in [3.8, 4) is 11.9 Å². The summed E-state index contributed by atoms with van der Waals surface area (Å²) in [6.07, 6.45) is 1.85. The van der Waals surface area contributed by atoms with E-state index in [0.717, 1.165) is 24.2 Å². The molecule has 4 atom stereocenters. The highest BCUT2D eigenvalue weighted by Gasteiger charge is 2.73. The van der Waals surface area contributed by atoms with Crippen LogP contribution >= 0.6 is 0 Å². The van der Waals surface area contributed by atoms with Crippen molar-refractivity contribution in [3.05, 3.63) is 53.7 Å². The van der Waals surface area contributed by atoms with Gasteiger partial charge in [-0.25, -0.2) is 9.88 Å². The molecule has 0 N–H and O–H groups in total. The van der Waals surface area contributed by atoms with Crippen LogP contribution in [0.3, 0.4) is 0 Å². The number of aromatic nitrogens is 2. The summed E-state index contributed by atoms with van der Waals surface area (Å²) in [5.41, 5.74) is 0.348. The van der Waals surface area contributed by atoms with Crippen molar-refractivity contribution in [3.63, 3.8) is 0 Å². The molecule has 6 rings (SSSR count).